The van der Waals surface area contributed by atoms with E-state index in [1.807, 2.05) is 17.9 Å². The zero-order chi connectivity index (χ0) is 14.0. The zero-order valence-electron chi connectivity index (χ0n) is 12.5. The van der Waals surface area contributed by atoms with Crippen LogP contribution in [-0.4, -0.2) is 33.0 Å². The molecule has 112 valence electrons. The Hall–Kier alpha value is -1.40. The van der Waals surface area contributed by atoms with Gasteiger partial charge >= 0.3 is 0 Å². The minimum absolute atomic E-state index is 0. The summed E-state index contributed by atoms with van der Waals surface area (Å²) in [7, 11) is 1.92. The molecule has 1 N–H and O–H groups in total. The van der Waals surface area contributed by atoms with Crippen LogP contribution in [0.4, 0.5) is 0 Å². The molecule has 0 aromatic carbocycles. The molecule has 0 saturated heterocycles. The number of hydrogen-bond acceptors (Lipinski definition) is 5. The van der Waals surface area contributed by atoms with E-state index in [-0.39, 0.29) is 17.9 Å². The first-order chi connectivity index (χ1) is 8.90. The molecule has 0 amide bonds. The van der Waals surface area contributed by atoms with Gasteiger partial charge in [-0.25, -0.2) is 0 Å². The third-order valence-electron chi connectivity index (χ3n) is 2.97. The van der Waals surface area contributed by atoms with Crippen LogP contribution < -0.4 is 5.32 Å². The van der Waals surface area contributed by atoms with Gasteiger partial charge in [0.05, 0.1) is 17.3 Å². The molecule has 0 aliphatic carbocycles. The zero-order valence-corrected chi connectivity index (χ0v) is 13.4. The van der Waals surface area contributed by atoms with Crippen LogP contribution in [0.3, 0.4) is 0 Å². The molecular formula is C13H22ClN5O. The van der Waals surface area contributed by atoms with Crippen molar-refractivity contribution in [1.29, 1.82) is 0 Å². The molecule has 0 radical (unpaired) electrons. The summed E-state index contributed by atoms with van der Waals surface area (Å²) in [5, 5.41) is 11.5. The van der Waals surface area contributed by atoms with Gasteiger partial charge in [-0.3, -0.25) is 4.68 Å². The van der Waals surface area contributed by atoms with Gasteiger partial charge in [0.25, 0.3) is 5.89 Å². The number of likely N-dealkylation sites (N-methyl/N-ethyl adjacent to an activating group) is 1. The highest BCUT2D eigenvalue weighted by atomic mass is 35.5. The number of hydrogen-bond donors (Lipinski definition) is 1. The number of aromatic nitrogens is 4. The highest BCUT2D eigenvalue weighted by Crippen LogP contribution is 2.20. The second-order valence-corrected chi connectivity index (χ2v) is 5.75. The average molecular weight is 300 g/mol. The van der Waals surface area contributed by atoms with Crippen LogP contribution in [0.2, 0.25) is 0 Å². The van der Waals surface area contributed by atoms with Crippen LogP contribution in [-0.2, 0) is 12.0 Å². The summed E-state index contributed by atoms with van der Waals surface area (Å²) in [5.41, 5.74) is 0.799. The smallest absolute Gasteiger partial charge is 0.261 e. The molecule has 2 aromatic rings. The predicted octanol–water partition coefficient (Wildman–Crippen LogP) is 2.26. The molecule has 20 heavy (non-hydrogen) atoms. The van der Waals surface area contributed by atoms with Crippen molar-refractivity contribution in [2.45, 2.75) is 45.7 Å². The molecule has 6 nitrogen and oxygen atoms in total. The molecular weight excluding hydrogens is 278 g/mol. The van der Waals surface area contributed by atoms with Crippen LogP contribution in [0.5, 0.6) is 0 Å². The molecule has 2 heterocycles. The van der Waals surface area contributed by atoms with Gasteiger partial charge in [0.15, 0.2) is 5.82 Å². The fourth-order valence-electron chi connectivity index (χ4n) is 1.63. The molecule has 1 unspecified atom stereocenters. The van der Waals surface area contributed by atoms with Gasteiger partial charge in [0.1, 0.15) is 0 Å². The van der Waals surface area contributed by atoms with Crippen molar-refractivity contribution in [3.63, 3.8) is 0 Å². The average Bonchev–Trinajstić information content (AvgIpc) is 2.95. The molecule has 1 atom stereocenters. The number of halogens is 1. The molecule has 0 bridgehead atoms. The Bertz CT molecular complexity index is 543. The maximum Gasteiger partial charge on any atom is 0.261 e. The van der Waals surface area contributed by atoms with Crippen molar-refractivity contribution < 1.29 is 4.52 Å². The highest BCUT2D eigenvalue weighted by Gasteiger charge is 2.17. The van der Waals surface area contributed by atoms with E-state index in [2.05, 4.69) is 48.3 Å². The summed E-state index contributed by atoms with van der Waals surface area (Å²) in [6, 6.07) is 0.322. The second-order valence-electron chi connectivity index (χ2n) is 5.75. The summed E-state index contributed by atoms with van der Waals surface area (Å²) in [5.74, 6) is 1.23. The molecule has 0 saturated carbocycles. The summed E-state index contributed by atoms with van der Waals surface area (Å²) in [4.78, 5) is 4.39. The van der Waals surface area contributed by atoms with E-state index >= 15 is 0 Å². The lowest BCUT2D eigenvalue weighted by molar-refractivity contribution is 0.355. The van der Waals surface area contributed by atoms with Gasteiger partial charge in [-0.15, -0.1) is 12.4 Å². The summed E-state index contributed by atoms with van der Waals surface area (Å²) in [6.45, 7) is 8.36. The third kappa shape index (κ3) is 3.80. The summed E-state index contributed by atoms with van der Waals surface area (Å²) in [6.07, 6.45) is 4.43. The fourth-order valence-corrected chi connectivity index (χ4v) is 1.63. The molecule has 0 spiro atoms. The van der Waals surface area contributed by atoms with Crippen molar-refractivity contribution in [2.24, 2.45) is 0 Å². The third-order valence-corrected chi connectivity index (χ3v) is 2.97. The van der Waals surface area contributed by atoms with Crippen LogP contribution in [0, 0.1) is 0 Å². The number of nitrogens with zero attached hydrogens (tertiary/aromatic N) is 4. The molecule has 0 fully saturated rings. The van der Waals surface area contributed by atoms with Crippen molar-refractivity contribution in [1.82, 2.24) is 25.2 Å². The molecule has 0 aliphatic heterocycles. The Balaban J connectivity index is 0.00000200. The molecule has 2 aromatic heterocycles. The van der Waals surface area contributed by atoms with E-state index < -0.39 is 0 Å². The maximum atomic E-state index is 5.28. The van der Waals surface area contributed by atoms with Crippen LogP contribution in [0.25, 0.3) is 11.5 Å². The van der Waals surface area contributed by atoms with Crippen LogP contribution in [0.1, 0.15) is 33.5 Å². The Labute approximate surface area is 125 Å². The largest absolute Gasteiger partial charge is 0.334 e. The van der Waals surface area contributed by atoms with Crippen LogP contribution in [0.15, 0.2) is 16.9 Å². The first kappa shape index (κ1) is 16.7. The Morgan fingerprint density at radius 2 is 2.10 bits per heavy atom. The standard InChI is InChI=1S/C13H21N5O.ClH/c1-9(14-5)6-11-16-12(19-17-11)10-7-15-18(8-10)13(2,3)4;/h7-9,14H,6H2,1-5H3;1H. The van der Waals surface area contributed by atoms with E-state index in [1.54, 1.807) is 6.20 Å². The predicted molar refractivity (Wildman–Crippen MR) is 80.0 cm³/mol. The monoisotopic (exact) mass is 299 g/mol. The Morgan fingerprint density at radius 1 is 1.40 bits per heavy atom. The first-order valence-corrected chi connectivity index (χ1v) is 6.45. The molecule has 2 rings (SSSR count). The van der Waals surface area contributed by atoms with Gasteiger partial charge < -0.3 is 9.84 Å². The lowest BCUT2D eigenvalue weighted by atomic mass is 10.1. The van der Waals surface area contributed by atoms with E-state index in [4.69, 9.17) is 4.52 Å². The summed E-state index contributed by atoms with van der Waals surface area (Å²) < 4.78 is 7.17. The number of nitrogens with one attached hydrogen (secondary N) is 1. The van der Waals surface area contributed by atoms with Gasteiger partial charge in [-0.2, -0.15) is 10.1 Å². The SMILES string of the molecule is CNC(C)Cc1noc(-c2cnn(C(C)(C)C)c2)n1.Cl. The Morgan fingerprint density at radius 3 is 2.65 bits per heavy atom. The first-order valence-electron chi connectivity index (χ1n) is 6.45. The van der Waals surface area contributed by atoms with Crippen molar-refractivity contribution in [3.05, 3.63) is 18.2 Å². The second kappa shape index (κ2) is 6.37. The Kier molecular flexibility index (Phi) is 5.30. The van der Waals surface area contributed by atoms with Crippen molar-refractivity contribution in [3.8, 4) is 11.5 Å². The van der Waals surface area contributed by atoms with Gasteiger partial charge in [-0.1, -0.05) is 5.16 Å². The van der Waals surface area contributed by atoms with Crippen molar-refractivity contribution >= 4 is 12.4 Å². The topological polar surface area (TPSA) is 68.8 Å². The lowest BCUT2D eigenvalue weighted by Crippen LogP contribution is -2.24. The quantitative estimate of drug-likeness (QED) is 0.938. The van der Waals surface area contributed by atoms with Crippen molar-refractivity contribution in [2.75, 3.05) is 7.05 Å². The van der Waals surface area contributed by atoms with Gasteiger partial charge in [0, 0.05) is 18.7 Å². The van der Waals surface area contributed by atoms with Crippen LogP contribution >= 0.6 is 12.4 Å². The van der Waals surface area contributed by atoms with E-state index in [0.717, 1.165) is 12.0 Å². The molecule has 0 aliphatic rings. The minimum Gasteiger partial charge on any atom is -0.334 e. The lowest BCUT2D eigenvalue weighted by Gasteiger charge is -2.18. The fraction of sp³-hybridized carbons (Fsp3) is 0.615. The summed E-state index contributed by atoms with van der Waals surface area (Å²) >= 11 is 0. The van der Waals surface area contributed by atoms with E-state index in [1.165, 1.54) is 0 Å². The highest BCUT2D eigenvalue weighted by molar-refractivity contribution is 5.85. The number of rotatable bonds is 4. The van der Waals surface area contributed by atoms with Gasteiger partial charge in [-0.05, 0) is 34.7 Å². The molecule has 7 heteroatoms. The van der Waals surface area contributed by atoms with Gasteiger partial charge in [0.2, 0.25) is 0 Å². The normalized spacial score (nSPS) is 13.1. The van der Waals surface area contributed by atoms with E-state index in [0.29, 0.717) is 17.8 Å². The van der Waals surface area contributed by atoms with E-state index in [9.17, 15) is 0 Å². The maximum absolute atomic E-state index is 5.28. The minimum atomic E-state index is -0.0538.